The molecule has 1 N–H and O–H groups in total. The lowest BCUT2D eigenvalue weighted by Gasteiger charge is -2.13. The molecule has 0 aromatic heterocycles. The molecule has 1 aliphatic carbocycles. The fraction of sp³-hybridized carbons (Fsp3) is 0.455. The van der Waals surface area contributed by atoms with Gasteiger partial charge in [-0.3, -0.25) is 0 Å². The Balaban J connectivity index is 2.18. The quantitative estimate of drug-likeness (QED) is 0.906. The highest BCUT2D eigenvalue weighted by molar-refractivity contribution is 7.91. The van der Waals surface area contributed by atoms with Crippen LogP contribution in [-0.4, -0.2) is 19.7 Å². The summed E-state index contributed by atoms with van der Waals surface area (Å²) in [5.41, 5.74) is 0.821. The predicted octanol–water partition coefficient (Wildman–Crippen LogP) is 2.65. The molecule has 94 valence electrons. The van der Waals surface area contributed by atoms with Gasteiger partial charge in [-0.1, -0.05) is 0 Å². The summed E-state index contributed by atoms with van der Waals surface area (Å²) in [4.78, 5) is -0.348. The van der Waals surface area contributed by atoms with Crippen LogP contribution in [0.2, 0.25) is 0 Å². The zero-order valence-corrected chi connectivity index (χ0v) is 10.1. The van der Waals surface area contributed by atoms with Crippen molar-refractivity contribution in [2.75, 3.05) is 5.32 Å². The topological polar surface area (TPSA) is 46.2 Å². The van der Waals surface area contributed by atoms with Crippen LogP contribution in [0.3, 0.4) is 0 Å². The SMILES string of the molecule is CC1(Nc2ccc(S(=O)(=O)C(F)F)cc2)CC1. The molecule has 6 heteroatoms. The average Bonchev–Trinajstić information content (AvgIpc) is 2.96. The van der Waals surface area contributed by atoms with Crippen molar-refractivity contribution in [3.8, 4) is 0 Å². The fourth-order valence-electron chi connectivity index (χ4n) is 1.49. The van der Waals surface area contributed by atoms with Gasteiger partial charge in [0.25, 0.3) is 0 Å². The number of hydrogen-bond acceptors (Lipinski definition) is 3. The number of benzene rings is 1. The third-order valence-corrected chi connectivity index (χ3v) is 4.26. The molecule has 1 saturated carbocycles. The van der Waals surface area contributed by atoms with Crippen LogP contribution in [0.4, 0.5) is 14.5 Å². The Labute approximate surface area is 98.8 Å². The van der Waals surface area contributed by atoms with Crippen LogP contribution >= 0.6 is 0 Å². The summed E-state index contributed by atoms with van der Waals surface area (Å²) in [6.45, 7) is 2.05. The molecular weight excluding hydrogens is 248 g/mol. The standard InChI is InChI=1S/C11H13F2NO2S/c1-11(6-7-11)14-8-2-4-9(5-3-8)17(15,16)10(12)13/h2-5,10,14H,6-7H2,1H3. The number of nitrogens with one attached hydrogen (secondary N) is 1. The lowest BCUT2D eigenvalue weighted by molar-refractivity contribution is 0.234. The number of anilines is 1. The molecule has 1 aromatic rings. The van der Waals surface area contributed by atoms with E-state index in [4.69, 9.17) is 0 Å². The Morgan fingerprint density at radius 3 is 2.18 bits per heavy atom. The first-order valence-electron chi connectivity index (χ1n) is 5.24. The number of halogens is 2. The van der Waals surface area contributed by atoms with Crippen LogP contribution in [0.5, 0.6) is 0 Å². The molecular formula is C11H13F2NO2S. The van der Waals surface area contributed by atoms with Gasteiger partial charge < -0.3 is 5.32 Å². The summed E-state index contributed by atoms with van der Waals surface area (Å²) in [5, 5.41) is 3.22. The van der Waals surface area contributed by atoms with Crippen molar-refractivity contribution < 1.29 is 17.2 Å². The Hall–Kier alpha value is -1.17. The highest BCUT2D eigenvalue weighted by Gasteiger charge is 2.37. The predicted molar refractivity (Wildman–Crippen MR) is 60.9 cm³/mol. The van der Waals surface area contributed by atoms with Crippen LogP contribution in [-0.2, 0) is 9.84 Å². The molecule has 0 atom stereocenters. The van der Waals surface area contributed by atoms with Crippen LogP contribution in [0, 0.1) is 0 Å². The molecule has 0 saturated heterocycles. The van der Waals surface area contributed by atoms with E-state index in [0.29, 0.717) is 0 Å². The first kappa shape index (κ1) is 12.3. The zero-order valence-electron chi connectivity index (χ0n) is 9.28. The maximum Gasteiger partial charge on any atom is 0.341 e. The third-order valence-electron chi connectivity index (χ3n) is 2.86. The first-order chi connectivity index (χ1) is 7.83. The van der Waals surface area contributed by atoms with Gasteiger partial charge in [0.2, 0.25) is 9.84 Å². The maximum atomic E-state index is 12.3. The second-order valence-corrected chi connectivity index (χ2v) is 6.43. The van der Waals surface area contributed by atoms with E-state index in [2.05, 4.69) is 12.2 Å². The van der Waals surface area contributed by atoms with Crippen molar-refractivity contribution in [2.24, 2.45) is 0 Å². The molecule has 0 aliphatic heterocycles. The van der Waals surface area contributed by atoms with Crippen molar-refractivity contribution in [3.05, 3.63) is 24.3 Å². The molecule has 1 aromatic carbocycles. The van der Waals surface area contributed by atoms with E-state index in [0.717, 1.165) is 18.5 Å². The van der Waals surface area contributed by atoms with Gasteiger partial charge >= 0.3 is 5.76 Å². The van der Waals surface area contributed by atoms with Gasteiger partial charge in [0.15, 0.2) is 0 Å². The minimum Gasteiger partial charge on any atom is -0.380 e. The Kier molecular flexibility index (Phi) is 2.85. The van der Waals surface area contributed by atoms with Gasteiger partial charge in [-0.2, -0.15) is 8.78 Å². The Morgan fingerprint density at radius 1 is 1.24 bits per heavy atom. The molecule has 0 spiro atoms. The highest BCUT2D eigenvalue weighted by atomic mass is 32.2. The van der Waals surface area contributed by atoms with E-state index in [-0.39, 0.29) is 10.4 Å². The van der Waals surface area contributed by atoms with Crippen LogP contribution in [0.1, 0.15) is 19.8 Å². The average molecular weight is 261 g/mol. The van der Waals surface area contributed by atoms with Crippen molar-refractivity contribution in [1.82, 2.24) is 0 Å². The van der Waals surface area contributed by atoms with Crippen molar-refractivity contribution >= 4 is 15.5 Å². The lowest BCUT2D eigenvalue weighted by atomic mass is 10.2. The lowest BCUT2D eigenvalue weighted by Crippen LogP contribution is -2.16. The molecule has 0 heterocycles. The largest absolute Gasteiger partial charge is 0.380 e. The fourth-order valence-corrected chi connectivity index (χ4v) is 2.21. The molecule has 1 fully saturated rings. The number of alkyl halides is 2. The molecule has 3 nitrogen and oxygen atoms in total. The summed E-state index contributed by atoms with van der Waals surface area (Å²) < 4.78 is 46.9. The molecule has 17 heavy (non-hydrogen) atoms. The molecule has 0 bridgehead atoms. The highest BCUT2D eigenvalue weighted by Crippen LogP contribution is 2.38. The minimum absolute atomic E-state index is 0.0725. The van der Waals surface area contributed by atoms with Crippen molar-refractivity contribution in [2.45, 2.75) is 36.0 Å². The second-order valence-electron chi connectivity index (χ2n) is 4.52. The van der Waals surface area contributed by atoms with E-state index < -0.39 is 15.6 Å². The summed E-state index contributed by atoms with van der Waals surface area (Å²) in [5.74, 6) is -3.37. The van der Waals surface area contributed by atoms with E-state index in [9.17, 15) is 17.2 Å². The Morgan fingerprint density at radius 2 is 1.76 bits per heavy atom. The first-order valence-corrected chi connectivity index (χ1v) is 6.78. The molecule has 0 amide bonds. The number of hydrogen-bond donors (Lipinski definition) is 1. The molecule has 0 unspecified atom stereocenters. The molecule has 1 aliphatic rings. The number of rotatable bonds is 4. The van der Waals surface area contributed by atoms with E-state index in [1.54, 1.807) is 0 Å². The number of sulfone groups is 1. The van der Waals surface area contributed by atoms with Gasteiger partial charge in [-0.15, -0.1) is 0 Å². The third kappa shape index (κ3) is 2.57. The van der Waals surface area contributed by atoms with E-state index in [1.807, 2.05) is 0 Å². The van der Waals surface area contributed by atoms with Crippen LogP contribution in [0.25, 0.3) is 0 Å². The van der Waals surface area contributed by atoms with Gasteiger partial charge in [0.05, 0.1) is 4.90 Å². The minimum atomic E-state index is -4.48. The van der Waals surface area contributed by atoms with Gasteiger partial charge in [-0.05, 0) is 44.0 Å². The summed E-state index contributed by atoms with van der Waals surface area (Å²) in [6.07, 6.45) is 2.12. The zero-order chi connectivity index (χ0) is 12.7. The summed E-state index contributed by atoms with van der Waals surface area (Å²) >= 11 is 0. The van der Waals surface area contributed by atoms with E-state index >= 15 is 0 Å². The molecule has 0 radical (unpaired) electrons. The smallest absolute Gasteiger partial charge is 0.341 e. The normalized spacial score (nSPS) is 18.1. The maximum absolute atomic E-state index is 12.3. The monoisotopic (exact) mass is 261 g/mol. The second kappa shape index (κ2) is 3.94. The van der Waals surface area contributed by atoms with Gasteiger partial charge in [0.1, 0.15) is 0 Å². The van der Waals surface area contributed by atoms with Crippen molar-refractivity contribution in [3.63, 3.8) is 0 Å². The van der Waals surface area contributed by atoms with Crippen LogP contribution < -0.4 is 5.32 Å². The summed E-state index contributed by atoms with van der Waals surface area (Å²) in [7, 11) is -4.48. The van der Waals surface area contributed by atoms with Crippen LogP contribution in [0.15, 0.2) is 29.2 Å². The van der Waals surface area contributed by atoms with E-state index in [1.165, 1.54) is 24.3 Å². The molecule has 2 rings (SSSR count). The van der Waals surface area contributed by atoms with Gasteiger partial charge in [0, 0.05) is 11.2 Å². The van der Waals surface area contributed by atoms with Crippen molar-refractivity contribution in [1.29, 1.82) is 0 Å². The Bertz CT molecular complexity index is 507. The summed E-state index contributed by atoms with van der Waals surface area (Å²) in [6, 6.07) is 5.43. The van der Waals surface area contributed by atoms with Gasteiger partial charge in [-0.25, -0.2) is 8.42 Å².